The van der Waals surface area contributed by atoms with Gasteiger partial charge in [0, 0.05) is 12.6 Å². The van der Waals surface area contributed by atoms with Crippen molar-refractivity contribution in [3.8, 4) is 0 Å². The maximum absolute atomic E-state index is 12.6. The van der Waals surface area contributed by atoms with E-state index >= 15 is 0 Å². The third kappa shape index (κ3) is 2.84. The quantitative estimate of drug-likeness (QED) is 0.907. The molecule has 2 aromatic carbocycles. The number of carbonyl (C=O) groups is 1. The molecule has 4 rings (SSSR count). The van der Waals surface area contributed by atoms with Crippen LogP contribution in [0.4, 0.5) is 0 Å². The Balaban J connectivity index is 0.00000156. The lowest BCUT2D eigenvalue weighted by Gasteiger charge is -2.27. The zero-order valence-corrected chi connectivity index (χ0v) is 13.9. The smallest absolute Gasteiger partial charge is 0.225 e. The van der Waals surface area contributed by atoms with Crippen LogP contribution in [-0.4, -0.2) is 11.9 Å². The first-order valence-electron chi connectivity index (χ1n) is 8.24. The molecule has 3 nitrogen and oxygen atoms in total. The average Bonchev–Trinajstić information content (AvgIpc) is 3.13. The zero-order chi connectivity index (χ0) is 15.1. The highest BCUT2D eigenvalue weighted by Crippen LogP contribution is 2.47. The lowest BCUT2D eigenvalue weighted by Crippen LogP contribution is -2.45. The van der Waals surface area contributed by atoms with Crippen molar-refractivity contribution in [2.45, 2.75) is 31.8 Å². The largest absolute Gasteiger partial charge is 0.352 e. The molecule has 3 N–H and O–H groups in total. The number of nitrogens with two attached hydrogens (primary N) is 1. The molecule has 0 heterocycles. The number of hydrogen-bond donors (Lipinski definition) is 2. The molecule has 2 aliphatic carbocycles. The predicted molar refractivity (Wildman–Crippen MR) is 95.3 cm³/mol. The maximum atomic E-state index is 12.6. The van der Waals surface area contributed by atoms with Crippen molar-refractivity contribution in [2.24, 2.45) is 23.5 Å². The molecular formula is C19H23ClN2O. The van der Waals surface area contributed by atoms with Crippen LogP contribution in [0.25, 0.3) is 10.8 Å². The summed E-state index contributed by atoms with van der Waals surface area (Å²) in [5, 5.41) is 5.55. The molecule has 1 amide bonds. The number of amides is 1. The number of rotatable bonds is 3. The Morgan fingerprint density at radius 2 is 1.83 bits per heavy atom. The van der Waals surface area contributed by atoms with E-state index in [2.05, 4.69) is 29.6 Å². The van der Waals surface area contributed by atoms with E-state index in [-0.39, 0.29) is 30.3 Å². The first-order valence-corrected chi connectivity index (χ1v) is 8.24. The number of fused-ring (bicyclic) bond motifs is 3. The van der Waals surface area contributed by atoms with Crippen molar-refractivity contribution in [3.63, 3.8) is 0 Å². The van der Waals surface area contributed by atoms with Gasteiger partial charge >= 0.3 is 0 Å². The van der Waals surface area contributed by atoms with E-state index in [1.165, 1.54) is 29.2 Å². The van der Waals surface area contributed by atoms with Crippen LogP contribution in [0.5, 0.6) is 0 Å². The van der Waals surface area contributed by atoms with Crippen molar-refractivity contribution in [2.75, 3.05) is 0 Å². The first kappa shape index (κ1) is 16.3. The predicted octanol–water partition coefficient (Wildman–Crippen LogP) is 3.25. The van der Waals surface area contributed by atoms with E-state index in [1.54, 1.807) is 0 Å². The first-order chi connectivity index (χ1) is 10.7. The maximum Gasteiger partial charge on any atom is 0.225 e. The molecule has 2 bridgehead atoms. The molecular weight excluding hydrogens is 308 g/mol. The third-order valence-electron chi connectivity index (χ3n) is 5.62. The third-order valence-corrected chi connectivity index (χ3v) is 5.62. The van der Waals surface area contributed by atoms with E-state index < -0.39 is 0 Å². The summed E-state index contributed by atoms with van der Waals surface area (Å²) in [7, 11) is 0. The van der Waals surface area contributed by atoms with Gasteiger partial charge in [0.05, 0.1) is 5.92 Å². The lowest BCUT2D eigenvalue weighted by atomic mass is 9.84. The fourth-order valence-corrected chi connectivity index (χ4v) is 4.47. The zero-order valence-electron chi connectivity index (χ0n) is 13.1. The second-order valence-corrected chi connectivity index (χ2v) is 6.79. The molecule has 23 heavy (non-hydrogen) atoms. The summed E-state index contributed by atoms with van der Waals surface area (Å²) < 4.78 is 0. The summed E-state index contributed by atoms with van der Waals surface area (Å²) in [6.45, 7) is 0.584. The molecule has 2 aromatic rings. The molecule has 2 aliphatic rings. The Morgan fingerprint density at radius 3 is 2.61 bits per heavy atom. The van der Waals surface area contributed by atoms with Gasteiger partial charge in [0.15, 0.2) is 0 Å². The normalized spacial score (nSPS) is 28.6. The van der Waals surface area contributed by atoms with Gasteiger partial charge in [0.2, 0.25) is 5.91 Å². The Morgan fingerprint density at radius 1 is 1.09 bits per heavy atom. The molecule has 0 radical (unpaired) electrons. The van der Waals surface area contributed by atoms with Gasteiger partial charge < -0.3 is 11.1 Å². The number of halogens is 1. The van der Waals surface area contributed by atoms with Crippen LogP contribution in [0.1, 0.15) is 24.8 Å². The molecule has 0 saturated heterocycles. The van der Waals surface area contributed by atoms with Gasteiger partial charge in [0.1, 0.15) is 0 Å². The fourth-order valence-electron chi connectivity index (χ4n) is 4.47. The highest BCUT2D eigenvalue weighted by Gasteiger charge is 2.48. The van der Waals surface area contributed by atoms with Crippen LogP contribution in [0, 0.1) is 17.8 Å². The van der Waals surface area contributed by atoms with Crippen molar-refractivity contribution >= 4 is 29.1 Å². The molecule has 4 unspecified atom stereocenters. The SMILES string of the molecule is Cl.NC1C2CCC(C2)C1C(=O)NCc1cccc2ccccc12. The minimum atomic E-state index is 0. The van der Waals surface area contributed by atoms with Crippen LogP contribution in [0.3, 0.4) is 0 Å². The Hall–Kier alpha value is -1.58. The van der Waals surface area contributed by atoms with Crippen molar-refractivity contribution < 1.29 is 4.79 Å². The van der Waals surface area contributed by atoms with E-state index in [9.17, 15) is 4.79 Å². The van der Waals surface area contributed by atoms with Crippen molar-refractivity contribution in [1.82, 2.24) is 5.32 Å². The monoisotopic (exact) mass is 330 g/mol. The summed E-state index contributed by atoms with van der Waals surface area (Å²) in [6, 6.07) is 14.6. The van der Waals surface area contributed by atoms with Gasteiger partial charge in [-0.15, -0.1) is 12.4 Å². The number of benzene rings is 2. The van der Waals surface area contributed by atoms with Gasteiger partial charge in [-0.25, -0.2) is 0 Å². The molecule has 122 valence electrons. The summed E-state index contributed by atoms with van der Waals surface area (Å²) in [5.74, 6) is 1.24. The van der Waals surface area contributed by atoms with Crippen LogP contribution >= 0.6 is 12.4 Å². The Labute approximate surface area is 143 Å². The Bertz CT molecular complexity index is 710. The second-order valence-electron chi connectivity index (χ2n) is 6.79. The number of carbonyl (C=O) groups excluding carboxylic acids is 1. The molecule has 2 saturated carbocycles. The molecule has 0 aromatic heterocycles. The van der Waals surface area contributed by atoms with Crippen LogP contribution in [-0.2, 0) is 11.3 Å². The summed E-state index contributed by atoms with van der Waals surface area (Å²) >= 11 is 0. The van der Waals surface area contributed by atoms with E-state index in [0.717, 1.165) is 6.42 Å². The van der Waals surface area contributed by atoms with Crippen LogP contribution < -0.4 is 11.1 Å². The van der Waals surface area contributed by atoms with Crippen molar-refractivity contribution in [3.05, 3.63) is 48.0 Å². The standard InChI is InChI=1S/C19H22N2O.ClH/c20-18-14-9-8-13(10-14)17(18)19(22)21-11-15-6-3-5-12-4-1-2-7-16(12)15;/h1-7,13-14,17-18H,8-11,20H2,(H,21,22);1H. The highest BCUT2D eigenvalue weighted by molar-refractivity contribution is 5.86. The van der Waals surface area contributed by atoms with Gasteiger partial charge in [-0.1, -0.05) is 42.5 Å². The van der Waals surface area contributed by atoms with Gasteiger partial charge in [-0.3, -0.25) is 4.79 Å². The molecule has 4 heteroatoms. The molecule has 0 spiro atoms. The van der Waals surface area contributed by atoms with Gasteiger partial charge in [-0.2, -0.15) is 0 Å². The topological polar surface area (TPSA) is 55.1 Å². The summed E-state index contributed by atoms with van der Waals surface area (Å²) in [5.41, 5.74) is 7.43. The minimum absolute atomic E-state index is 0. The van der Waals surface area contributed by atoms with Gasteiger partial charge in [0.25, 0.3) is 0 Å². The molecule has 4 atom stereocenters. The van der Waals surface area contributed by atoms with E-state index in [1.807, 2.05) is 18.2 Å². The number of nitrogens with one attached hydrogen (secondary N) is 1. The lowest BCUT2D eigenvalue weighted by molar-refractivity contribution is -0.127. The fraction of sp³-hybridized carbons (Fsp3) is 0.421. The highest BCUT2D eigenvalue weighted by atomic mass is 35.5. The molecule has 0 aliphatic heterocycles. The van der Waals surface area contributed by atoms with Crippen LogP contribution in [0.2, 0.25) is 0 Å². The van der Waals surface area contributed by atoms with Crippen LogP contribution in [0.15, 0.2) is 42.5 Å². The minimum Gasteiger partial charge on any atom is -0.352 e. The Kier molecular flexibility index (Phi) is 4.60. The van der Waals surface area contributed by atoms with E-state index in [0.29, 0.717) is 18.4 Å². The van der Waals surface area contributed by atoms with Gasteiger partial charge in [-0.05, 0) is 47.4 Å². The summed E-state index contributed by atoms with van der Waals surface area (Å²) in [4.78, 5) is 12.6. The average molecular weight is 331 g/mol. The van der Waals surface area contributed by atoms with Crippen molar-refractivity contribution in [1.29, 1.82) is 0 Å². The number of hydrogen-bond acceptors (Lipinski definition) is 2. The van der Waals surface area contributed by atoms with E-state index in [4.69, 9.17) is 5.73 Å². The molecule has 2 fully saturated rings. The second kappa shape index (κ2) is 6.50. The summed E-state index contributed by atoms with van der Waals surface area (Å²) in [6.07, 6.45) is 3.52.